The van der Waals surface area contributed by atoms with Crippen molar-refractivity contribution < 1.29 is 28.7 Å². The van der Waals surface area contributed by atoms with Crippen LogP contribution in [0.3, 0.4) is 0 Å². The van der Waals surface area contributed by atoms with E-state index in [2.05, 4.69) is 50.9 Å². The maximum Gasteiger partial charge on any atom is 0.407 e. The van der Waals surface area contributed by atoms with Crippen LogP contribution in [-0.4, -0.2) is 93.1 Å². The first-order valence-electron chi connectivity index (χ1n) is 18.3. The molecule has 2 aliphatic rings. The van der Waals surface area contributed by atoms with Crippen molar-refractivity contribution in [3.8, 4) is 20.3 Å². The molecule has 2 unspecified atom stereocenters. The molecule has 2 fully saturated rings. The quantitative estimate of drug-likeness (QED) is 0.118. The molecular formula is C38H46N8O6S2. The van der Waals surface area contributed by atoms with Crippen LogP contribution >= 0.6 is 22.7 Å². The molecular weight excluding hydrogens is 729 g/mol. The zero-order valence-electron chi connectivity index (χ0n) is 31.2. The summed E-state index contributed by atoms with van der Waals surface area (Å²) in [6.45, 7) is 8.81. The fourth-order valence-electron chi connectivity index (χ4n) is 7.47. The number of imidazole rings is 2. The highest BCUT2D eigenvalue weighted by atomic mass is 32.1. The van der Waals surface area contributed by atoms with E-state index in [4.69, 9.17) is 19.4 Å². The van der Waals surface area contributed by atoms with Crippen molar-refractivity contribution in [1.82, 2.24) is 40.4 Å². The van der Waals surface area contributed by atoms with Crippen molar-refractivity contribution in [2.75, 3.05) is 27.3 Å². The Balaban J connectivity index is 1.07. The highest BCUT2D eigenvalue weighted by Crippen LogP contribution is 2.42. The van der Waals surface area contributed by atoms with E-state index < -0.39 is 24.3 Å². The lowest BCUT2D eigenvalue weighted by Gasteiger charge is -2.30. The maximum absolute atomic E-state index is 13.6. The third-order valence-corrected chi connectivity index (χ3v) is 12.7. The second-order valence-corrected chi connectivity index (χ2v) is 16.7. The summed E-state index contributed by atoms with van der Waals surface area (Å²) in [5.74, 6) is 1.01. The summed E-state index contributed by atoms with van der Waals surface area (Å²) in [6.07, 6.45) is 3.86. The van der Waals surface area contributed by atoms with Gasteiger partial charge in [0.2, 0.25) is 11.8 Å². The average Bonchev–Trinajstić information content (AvgIpc) is 4.00. The second kappa shape index (κ2) is 15.4. The van der Waals surface area contributed by atoms with Crippen LogP contribution in [0.15, 0.2) is 36.5 Å². The Hall–Kier alpha value is -4.96. The molecule has 4 N–H and O–H groups in total. The number of benzene rings is 1. The molecule has 54 heavy (non-hydrogen) atoms. The van der Waals surface area contributed by atoms with Crippen molar-refractivity contribution in [3.05, 3.63) is 48.2 Å². The van der Waals surface area contributed by atoms with Gasteiger partial charge in [-0.25, -0.2) is 19.6 Å². The summed E-state index contributed by atoms with van der Waals surface area (Å²) in [7, 11) is 2.58. The first-order chi connectivity index (χ1) is 25.9. The molecule has 5 aromatic rings. The van der Waals surface area contributed by atoms with Crippen LogP contribution in [0.2, 0.25) is 0 Å². The topological polar surface area (TPSA) is 175 Å². The number of nitrogens with one attached hydrogen (secondary N) is 4. The number of nitrogens with zero attached hydrogens (tertiary/aromatic N) is 4. The first kappa shape index (κ1) is 37.4. The lowest BCUT2D eigenvalue weighted by Crippen LogP contribution is -2.51. The zero-order valence-corrected chi connectivity index (χ0v) is 32.9. The van der Waals surface area contributed by atoms with E-state index in [1.54, 1.807) is 22.7 Å². The molecule has 1 aromatic carbocycles. The number of aromatic nitrogens is 4. The predicted molar refractivity (Wildman–Crippen MR) is 208 cm³/mol. The van der Waals surface area contributed by atoms with Gasteiger partial charge < -0.3 is 39.9 Å². The summed E-state index contributed by atoms with van der Waals surface area (Å²) >= 11 is 3.39. The number of carbonyl (C=O) groups excluding carboxylic acids is 4. The summed E-state index contributed by atoms with van der Waals surface area (Å²) in [4.78, 5) is 74.7. The summed E-state index contributed by atoms with van der Waals surface area (Å²) < 4.78 is 10.7. The highest BCUT2D eigenvalue weighted by Gasteiger charge is 2.39. The lowest BCUT2D eigenvalue weighted by molar-refractivity contribution is -0.136. The molecule has 2 aliphatic heterocycles. The van der Waals surface area contributed by atoms with Crippen molar-refractivity contribution in [2.24, 2.45) is 11.8 Å². The Morgan fingerprint density at radius 2 is 1.37 bits per heavy atom. The fraction of sp³-hybridized carbons (Fsp3) is 0.474. The van der Waals surface area contributed by atoms with Gasteiger partial charge in [0.05, 0.1) is 54.1 Å². The SMILES string of the molecule is COC(=O)NC(C(=O)N1CCC[C@H]1c1ncc(-c2ccc(-c3cc4cc5nc([C@@H]6CCCN6C(=O)C(NC(=O)OC)C(C)C)[nH]c5cc4s3)s2)[nH]1)C(C)C. The number of likely N-dealkylation sites (tertiary alicyclic amines) is 2. The van der Waals surface area contributed by atoms with E-state index in [1.807, 2.05) is 43.7 Å². The molecule has 0 aliphatic carbocycles. The number of fused-ring (bicyclic) bond motifs is 2. The zero-order chi connectivity index (χ0) is 38.3. The van der Waals surface area contributed by atoms with Gasteiger partial charge in [0, 0.05) is 27.5 Å². The smallest absolute Gasteiger partial charge is 0.407 e. The van der Waals surface area contributed by atoms with E-state index in [0.717, 1.165) is 78.8 Å². The van der Waals surface area contributed by atoms with Crippen molar-refractivity contribution >= 4 is 67.8 Å². The number of hydrogen-bond acceptors (Lipinski definition) is 10. The summed E-state index contributed by atoms with van der Waals surface area (Å²) in [6, 6.07) is 8.84. The van der Waals surface area contributed by atoms with Gasteiger partial charge in [0.15, 0.2) is 0 Å². The van der Waals surface area contributed by atoms with E-state index in [1.165, 1.54) is 14.2 Å². The number of rotatable bonds is 10. The van der Waals surface area contributed by atoms with Crippen LogP contribution in [0.4, 0.5) is 9.59 Å². The number of H-pyrrole nitrogens is 2. The van der Waals surface area contributed by atoms with Gasteiger partial charge in [-0.3, -0.25) is 9.59 Å². The van der Waals surface area contributed by atoms with Gasteiger partial charge >= 0.3 is 12.2 Å². The number of hydrogen-bond donors (Lipinski definition) is 4. The Morgan fingerprint density at radius 1 is 0.778 bits per heavy atom. The third-order valence-electron chi connectivity index (χ3n) is 10.3. The van der Waals surface area contributed by atoms with Gasteiger partial charge in [0.1, 0.15) is 23.7 Å². The van der Waals surface area contributed by atoms with E-state index in [-0.39, 0.29) is 35.7 Å². The summed E-state index contributed by atoms with van der Waals surface area (Å²) in [5, 5.41) is 6.50. The van der Waals surface area contributed by atoms with Crippen molar-refractivity contribution in [3.63, 3.8) is 0 Å². The molecule has 0 radical (unpaired) electrons. The van der Waals surface area contributed by atoms with E-state index in [0.29, 0.717) is 13.1 Å². The molecule has 16 heteroatoms. The molecule has 286 valence electrons. The Labute approximate surface area is 321 Å². The standard InChI is InChI=1S/C38H46N8O6S2/c1-19(2)31(43-37(49)51-5)35(47)45-13-7-9-25(45)33-39-18-24(42-33)27-11-12-28(53-27)30-16-21-15-22-23(17-29(21)54-30)41-34(40-22)26-10-8-14-46(26)36(48)32(20(3)4)44-38(50)52-6/h11-12,15-20,25-26,31-32H,7-10,13-14H2,1-6H3,(H,39,42)(H,40,41)(H,43,49)(H,44,50)/t25-,26-,31?,32?/m0/s1. The van der Waals surface area contributed by atoms with E-state index >= 15 is 0 Å². The van der Waals surface area contributed by atoms with Crippen LogP contribution in [-0.2, 0) is 19.1 Å². The lowest BCUT2D eigenvalue weighted by atomic mass is 10.0. The largest absolute Gasteiger partial charge is 0.453 e. The van der Waals surface area contributed by atoms with Crippen LogP contribution < -0.4 is 10.6 Å². The van der Waals surface area contributed by atoms with Crippen LogP contribution in [0.25, 0.3) is 41.4 Å². The van der Waals surface area contributed by atoms with Crippen LogP contribution in [0, 0.1) is 11.8 Å². The van der Waals surface area contributed by atoms with Gasteiger partial charge in [-0.15, -0.1) is 22.7 Å². The van der Waals surface area contributed by atoms with Crippen molar-refractivity contribution in [2.45, 2.75) is 77.5 Å². The molecule has 2 saturated heterocycles. The molecule has 0 bridgehead atoms. The number of carbonyl (C=O) groups is 4. The number of methoxy groups -OCH3 is 2. The van der Waals surface area contributed by atoms with Gasteiger partial charge in [-0.2, -0.15) is 0 Å². The number of thiophene rings is 2. The molecule has 7 rings (SSSR count). The number of aromatic amines is 2. The van der Waals surface area contributed by atoms with Crippen molar-refractivity contribution in [1.29, 1.82) is 0 Å². The first-order valence-corrected chi connectivity index (χ1v) is 20.0. The van der Waals surface area contributed by atoms with Crippen LogP contribution in [0.5, 0.6) is 0 Å². The molecule has 4 amide bonds. The molecule has 14 nitrogen and oxygen atoms in total. The third kappa shape index (κ3) is 7.28. The maximum atomic E-state index is 13.6. The van der Waals surface area contributed by atoms with Gasteiger partial charge in [-0.05, 0) is 73.2 Å². The monoisotopic (exact) mass is 774 g/mol. The van der Waals surface area contributed by atoms with E-state index in [9.17, 15) is 19.2 Å². The highest BCUT2D eigenvalue weighted by molar-refractivity contribution is 7.27. The van der Waals surface area contributed by atoms with Gasteiger partial charge in [-0.1, -0.05) is 27.7 Å². The molecule has 0 spiro atoms. The summed E-state index contributed by atoms with van der Waals surface area (Å²) in [5.41, 5.74) is 2.64. The number of alkyl carbamates (subject to hydrolysis) is 2. The molecule has 0 saturated carbocycles. The Kier molecular flexibility index (Phi) is 10.7. The molecule has 6 heterocycles. The number of ether oxygens (including phenoxy) is 2. The molecule has 4 atom stereocenters. The Bertz CT molecular complexity index is 2130. The normalized spacial score (nSPS) is 18.5. The van der Waals surface area contributed by atoms with Crippen LogP contribution in [0.1, 0.15) is 77.1 Å². The number of amides is 4. The minimum atomic E-state index is -0.687. The molecule has 4 aromatic heterocycles. The Morgan fingerprint density at radius 3 is 1.96 bits per heavy atom. The second-order valence-electron chi connectivity index (χ2n) is 14.6. The van der Waals surface area contributed by atoms with Gasteiger partial charge in [0.25, 0.3) is 0 Å². The minimum absolute atomic E-state index is 0.104. The predicted octanol–water partition coefficient (Wildman–Crippen LogP) is 6.98. The fourth-order valence-corrected chi connectivity index (χ4v) is 9.61. The minimum Gasteiger partial charge on any atom is -0.453 e. The average molecular weight is 775 g/mol.